The number of ether oxygens (including phenoxy) is 1. The molecule has 1 fully saturated rings. The van der Waals surface area contributed by atoms with Crippen LogP contribution in [-0.2, 0) is 11.3 Å². The Morgan fingerprint density at radius 3 is 2.81 bits per heavy atom. The molecule has 1 aromatic heterocycles. The van der Waals surface area contributed by atoms with Gasteiger partial charge in [0.1, 0.15) is 0 Å². The fourth-order valence-corrected chi connectivity index (χ4v) is 3.65. The van der Waals surface area contributed by atoms with Gasteiger partial charge in [-0.2, -0.15) is 0 Å². The molecule has 0 radical (unpaired) electrons. The Labute approximate surface area is 132 Å². The minimum Gasteiger partial charge on any atom is -0.375 e. The summed E-state index contributed by atoms with van der Waals surface area (Å²) in [6.07, 6.45) is 1.43. The predicted octanol–water partition coefficient (Wildman–Crippen LogP) is 3.38. The molecule has 0 aromatic carbocycles. The summed E-state index contributed by atoms with van der Waals surface area (Å²) >= 11 is 1.85. The summed E-state index contributed by atoms with van der Waals surface area (Å²) in [5, 5.41) is 4.70. The Kier molecular flexibility index (Phi) is 6.02. The van der Waals surface area contributed by atoms with Crippen LogP contribution in [0.15, 0.2) is 0 Å². The van der Waals surface area contributed by atoms with Gasteiger partial charge in [-0.25, -0.2) is 4.98 Å². The molecule has 2 atom stereocenters. The molecule has 5 heteroatoms. The van der Waals surface area contributed by atoms with Gasteiger partial charge in [0.15, 0.2) is 5.13 Å². The lowest BCUT2D eigenvalue weighted by atomic mass is 10.0. The van der Waals surface area contributed by atoms with Crippen molar-refractivity contribution in [3.8, 4) is 0 Å². The summed E-state index contributed by atoms with van der Waals surface area (Å²) in [6.45, 7) is 14.7. The lowest BCUT2D eigenvalue weighted by Gasteiger charge is -2.30. The van der Waals surface area contributed by atoms with Crippen LogP contribution >= 0.6 is 11.3 Å². The number of nitrogens with zero attached hydrogens (tertiary/aromatic N) is 2. The summed E-state index contributed by atoms with van der Waals surface area (Å²) in [5.74, 6) is 0.525. The zero-order chi connectivity index (χ0) is 15.4. The van der Waals surface area contributed by atoms with Crippen molar-refractivity contribution in [2.24, 2.45) is 0 Å². The summed E-state index contributed by atoms with van der Waals surface area (Å²) in [4.78, 5) is 8.74. The molecule has 0 spiro atoms. The zero-order valence-electron chi connectivity index (χ0n) is 14.0. The maximum atomic E-state index is 5.64. The van der Waals surface area contributed by atoms with Gasteiger partial charge in [-0.3, -0.25) is 0 Å². The van der Waals surface area contributed by atoms with Crippen LogP contribution in [0.2, 0.25) is 0 Å². The van der Waals surface area contributed by atoms with Crippen molar-refractivity contribution in [1.82, 2.24) is 10.3 Å². The summed E-state index contributed by atoms with van der Waals surface area (Å²) in [5.41, 5.74) is 1.28. The molecular weight excluding hydrogens is 282 g/mol. The summed E-state index contributed by atoms with van der Waals surface area (Å²) in [6, 6.07) is 0.503. The molecule has 4 nitrogen and oxygen atoms in total. The number of anilines is 1. The van der Waals surface area contributed by atoms with Gasteiger partial charge in [0.25, 0.3) is 0 Å². The van der Waals surface area contributed by atoms with Gasteiger partial charge in [-0.1, -0.05) is 27.7 Å². The summed E-state index contributed by atoms with van der Waals surface area (Å²) in [7, 11) is 0. The van der Waals surface area contributed by atoms with Gasteiger partial charge in [0.2, 0.25) is 0 Å². The minimum atomic E-state index is 0.298. The lowest BCUT2D eigenvalue weighted by molar-refractivity contribution is 0.0532. The molecule has 120 valence electrons. The fourth-order valence-electron chi connectivity index (χ4n) is 2.48. The highest BCUT2D eigenvalue weighted by atomic mass is 32.1. The first-order valence-corrected chi connectivity index (χ1v) is 8.92. The molecule has 0 amide bonds. The van der Waals surface area contributed by atoms with Crippen LogP contribution in [0, 0.1) is 0 Å². The van der Waals surface area contributed by atoms with Crippen molar-refractivity contribution in [3.05, 3.63) is 10.6 Å². The molecule has 0 bridgehead atoms. The molecule has 1 N–H and O–H groups in total. The van der Waals surface area contributed by atoms with Gasteiger partial charge in [-0.15, -0.1) is 11.3 Å². The number of morpholine rings is 1. The van der Waals surface area contributed by atoms with Crippen LogP contribution in [0.25, 0.3) is 0 Å². The molecule has 1 saturated heterocycles. The smallest absolute Gasteiger partial charge is 0.186 e. The first-order chi connectivity index (χ1) is 10.0. The standard InChI is InChI=1S/C16H29N3OS/c1-6-12(4)15-14(9-17-11(2)3)21-16(18-15)19-7-8-20-13(5)10-19/h11-13,17H,6-10H2,1-5H3. The molecule has 0 saturated carbocycles. The maximum Gasteiger partial charge on any atom is 0.186 e. The second kappa shape index (κ2) is 7.56. The van der Waals surface area contributed by atoms with Crippen LogP contribution in [0.5, 0.6) is 0 Å². The van der Waals surface area contributed by atoms with E-state index in [2.05, 4.69) is 44.8 Å². The zero-order valence-corrected chi connectivity index (χ0v) is 14.8. The summed E-state index contributed by atoms with van der Waals surface area (Å²) < 4.78 is 5.64. The molecule has 21 heavy (non-hydrogen) atoms. The van der Waals surface area contributed by atoms with E-state index in [0.717, 1.165) is 32.7 Å². The van der Waals surface area contributed by atoms with Crippen LogP contribution < -0.4 is 10.2 Å². The van der Waals surface area contributed by atoms with E-state index in [4.69, 9.17) is 9.72 Å². The first kappa shape index (κ1) is 16.7. The minimum absolute atomic E-state index is 0.298. The van der Waals surface area contributed by atoms with E-state index in [-0.39, 0.29) is 0 Å². The Hall–Kier alpha value is -0.650. The SMILES string of the molecule is CCC(C)c1nc(N2CCOC(C)C2)sc1CNC(C)C. The number of thiazole rings is 1. The number of hydrogen-bond donors (Lipinski definition) is 1. The molecule has 0 aliphatic carbocycles. The highest BCUT2D eigenvalue weighted by Gasteiger charge is 2.23. The quantitative estimate of drug-likeness (QED) is 0.874. The molecule has 2 heterocycles. The Morgan fingerprint density at radius 1 is 1.43 bits per heavy atom. The molecule has 1 aliphatic rings. The second-order valence-corrected chi connectivity index (χ2v) is 7.34. The third-order valence-electron chi connectivity index (χ3n) is 3.98. The normalized spacial score (nSPS) is 21.0. The van der Waals surface area contributed by atoms with Crippen LogP contribution in [0.3, 0.4) is 0 Å². The van der Waals surface area contributed by atoms with Crippen LogP contribution in [0.1, 0.15) is 57.5 Å². The van der Waals surface area contributed by atoms with E-state index in [0.29, 0.717) is 18.1 Å². The molecule has 2 unspecified atom stereocenters. The van der Waals surface area contributed by atoms with E-state index in [1.807, 2.05) is 11.3 Å². The van der Waals surface area contributed by atoms with E-state index < -0.39 is 0 Å². The first-order valence-electron chi connectivity index (χ1n) is 8.10. The molecule has 2 rings (SSSR count). The third-order valence-corrected chi connectivity index (χ3v) is 5.11. The fraction of sp³-hybridized carbons (Fsp3) is 0.812. The molecular formula is C16H29N3OS. The highest BCUT2D eigenvalue weighted by molar-refractivity contribution is 7.15. The van der Waals surface area contributed by atoms with Crippen LogP contribution in [-0.4, -0.2) is 36.8 Å². The van der Waals surface area contributed by atoms with E-state index in [1.54, 1.807) is 0 Å². The van der Waals surface area contributed by atoms with Crippen LogP contribution in [0.4, 0.5) is 5.13 Å². The average Bonchev–Trinajstić information content (AvgIpc) is 2.88. The monoisotopic (exact) mass is 311 g/mol. The van der Waals surface area contributed by atoms with Gasteiger partial charge in [0, 0.05) is 30.6 Å². The Balaban J connectivity index is 2.18. The third kappa shape index (κ3) is 4.41. The van der Waals surface area contributed by atoms with E-state index in [9.17, 15) is 0 Å². The van der Waals surface area contributed by atoms with Crippen molar-refractivity contribution in [1.29, 1.82) is 0 Å². The van der Waals surface area contributed by atoms with Gasteiger partial charge in [-0.05, 0) is 19.3 Å². The predicted molar refractivity (Wildman–Crippen MR) is 90.4 cm³/mol. The Morgan fingerprint density at radius 2 is 2.19 bits per heavy atom. The van der Waals surface area contributed by atoms with Gasteiger partial charge >= 0.3 is 0 Å². The van der Waals surface area contributed by atoms with Crippen molar-refractivity contribution in [3.63, 3.8) is 0 Å². The van der Waals surface area contributed by atoms with Crippen molar-refractivity contribution >= 4 is 16.5 Å². The average molecular weight is 311 g/mol. The van der Waals surface area contributed by atoms with Crippen molar-refractivity contribution in [2.75, 3.05) is 24.6 Å². The number of aromatic nitrogens is 1. The molecule has 1 aliphatic heterocycles. The number of hydrogen-bond acceptors (Lipinski definition) is 5. The van der Waals surface area contributed by atoms with E-state index >= 15 is 0 Å². The van der Waals surface area contributed by atoms with Crippen molar-refractivity contribution < 1.29 is 4.74 Å². The highest BCUT2D eigenvalue weighted by Crippen LogP contribution is 2.33. The van der Waals surface area contributed by atoms with Gasteiger partial charge in [0.05, 0.1) is 18.4 Å². The maximum absolute atomic E-state index is 5.64. The number of rotatable bonds is 6. The van der Waals surface area contributed by atoms with Gasteiger partial charge < -0.3 is 15.0 Å². The Bertz CT molecular complexity index is 447. The topological polar surface area (TPSA) is 37.4 Å². The number of nitrogens with one attached hydrogen (secondary N) is 1. The lowest BCUT2D eigenvalue weighted by Crippen LogP contribution is -2.41. The van der Waals surface area contributed by atoms with Crippen molar-refractivity contribution in [2.45, 2.75) is 65.6 Å². The largest absolute Gasteiger partial charge is 0.375 e. The second-order valence-electron chi connectivity index (χ2n) is 6.28. The molecule has 1 aromatic rings. The van der Waals surface area contributed by atoms with E-state index in [1.165, 1.54) is 15.7 Å².